The predicted molar refractivity (Wildman–Crippen MR) is 249 cm³/mol. The highest BCUT2D eigenvalue weighted by Crippen LogP contribution is 2.67. The molecule has 0 aliphatic heterocycles. The van der Waals surface area contributed by atoms with E-state index in [4.69, 9.17) is 0 Å². The van der Waals surface area contributed by atoms with Crippen LogP contribution in [0.3, 0.4) is 0 Å². The van der Waals surface area contributed by atoms with Gasteiger partial charge in [-0.25, -0.2) is 0 Å². The summed E-state index contributed by atoms with van der Waals surface area (Å²) in [6.07, 6.45) is 5.41. The summed E-state index contributed by atoms with van der Waals surface area (Å²) < 4.78 is 0. The second kappa shape index (κ2) is 14.9. The van der Waals surface area contributed by atoms with E-state index in [-0.39, 0.29) is 21.7 Å². The van der Waals surface area contributed by atoms with E-state index in [0.717, 1.165) is 32.1 Å². The van der Waals surface area contributed by atoms with Crippen LogP contribution < -0.4 is 0 Å². The molecule has 2 fully saturated rings. The molecule has 288 valence electrons. The molecule has 0 heteroatoms. The van der Waals surface area contributed by atoms with E-state index in [0.29, 0.717) is 0 Å². The van der Waals surface area contributed by atoms with Crippen LogP contribution in [0.1, 0.15) is 68.2 Å². The standard InChI is InChI=1S/C59H52/c1-56(52-31-15-27-48(35-52)44-19-7-3-8-20-44)39-58(54-33-17-29-50(37-54)46-23-11-5-12-24-46)41-57(2,53-32-16-28-49(36-53)45-21-9-4-10-22-45)42-59(40-56,43-58)55-34-18-30-51(38-55)47-25-13-6-14-26-47/h3-38H,39-43H2,1-2H3. The molecule has 2 saturated carbocycles. The minimum absolute atomic E-state index is 0.0955. The Labute approximate surface area is 351 Å². The van der Waals surface area contributed by atoms with Crippen LogP contribution in [0.25, 0.3) is 44.5 Å². The summed E-state index contributed by atoms with van der Waals surface area (Å²) in [5.41, 5.74) is 15.7. The third kappa shape index (κ3) is 6.95. The second-order valence-corrected chi connectivity index (χ2v) is 18.4. The van der Waals surface area contributed by atoms with Crippen LogP contribution in [-0.2, 0) is 21.7 Å². The number of benzene rings is 8. The van der Waals surface area contributed by atoms with Gasteiger partial charge < -0.3 is 0 Å². The quantitative estimate of drug-likeness (QED) is 0.145. The zero-order valence-corrected chi connectivity index (χ0v) is 34.3. The Kier molecular flexibility index (Phi) is 9.33. The summed E-state index contributed by atoms with van der Waals surface area (Å²) in [6, 6.07) is 82.2. The highest BCUT2D eigenvalue weighted by atomic mass is 14.6. The molecule has 0 nitrogen and oxygen atoms in total. The molecule has 2 aliphatic rings. The molecule has 0 N–H and O–H groups in total. The van der Waals surface area contributed by atoms with Gasteiger partial charge in [-0.15, -0.1) is 0 Å². The van der Waals surface area contributed by atoms with Crippen molar-refractivity contribution in [1.29, 1.82) is 0 Å². The minimum Gasteiger partial charge on any atom is -0.0622 e. The van der Waals surface area contributed by atoms with Crippen LogP contribution in [0.5, 0.6) is 0 Å². The smallest absolute Gasteiger partial charge is 0.00215 e. The van der Waals surface area contributed by atoms with Gasteiger partial charge in [-0.1, -0.05) is 232 Å². The van der Waals surface area contributed by atoms with E-state index in [2.05, 4.69) is 232 Å². The van der Waals surface area contributed by atoms with Crippen molar-refractivity contribution in [2.24, 2.45) is 0 Å². The normalized spacial score (nSPS) is 23.7. The monoisotopic (exact) mass is 760 g/mol. The molecule has 8 aromatic carbocycles. The molecule has 59 heavy (non-hydrogen) atoms. The summed E-state index contributed by atoms with van der Waals surface area (Å²) >= 11 is 0. The summed E-state index contributed by atoms with van der Waals surface area (Å²) in [7, 11) is 0. The molecule has 0 atom stereocenters. The lowest BCUT2D eigenvalue weighted by atomic mass is 9.40. The summed E-state index contributed by atoms with van der Waals surface area (Å²) in [5, 5.41) is 0. The molecular formula is C59H52. The third-order valence-electron chi connectivity index (χ3n) is 14.1. The van der Waals surface area contributed by atoms with Crippen molar-refractivity contribution < 1.29 is 0 Å². The Hall–Kier alpha value is -6.24. The first-order valence-corrected chi connectivity index (χ1v) is 21.5. The van der Waals surface area contributed by atoms with Crippen LogP contribution in [0.15, 0.2) is 218 Å². The first-order chi connectivity index (χ1) is 28.8. The van der Waals surface area contributed by atoms with E-state index in [1.54, 1.807) is 0 Å². The fraction of sp³-hybridized carbons (Fsp3) is 0.186. The maximum Gasteiger partial charge on any atom is -0.00215 e. The Morgan fingerprint density at radius 3 is 0.763 bits per heavy atom. The van der Waals surface area contributed by atoms with E-state index < -0.39 is 0 Å². The highest BCUT2D eigenvalue weighted by molar-refractivity contribution is 5.69. The Balaban J connectivity index is 1.21. The van der Waals surface area contributed by atoms with Gasteiger partial charge in [-0.2, -0.15) is 0 Å². The molecule has 0 aromatic heterocycles. The SMILES string of the molecule is CC1(c2cccc(-c3ccccc3)c2)CC2(c3cccc(-c4ccccc4)c3)CC(C)(c3cccc(-c4ccccc4)c3)CC(c3cccc(-c4ccccc4)c3)(C1)C2. The molecule has 0 amide bonds. The molecule has 0 spiro atoms. The van der Waals surface area contributed by atoms with Crippen molar-refractivity contribution in [3.05, 3.63) is 241 Å². The van der Waals surface area contributed by atoms with Crippen molar-refractivity contribution in [2.75, 3.05) is 0 Å². The zero-order chi connectivity index (χ0) is 39.9. The summed E-state index contributed by atoms with van der Waals surface area (Å²) in [5.74, 6) is 0. The molecule has 10 rings (SSSR count). The molecule has 2 aliphatic carbocycles. The predicted octanol–water partition coefficient (Wildman–Crippen LogP) is 15.4. The maximum absolute atomic E-state index is 2.60. The maximum atomic E-state index is 2.60. The van der Waals surface area contributed by atoms with E-state index in [1.807, 2.05) is 0 Å². The third-order valence-corrected chi connectivity index (χ3v) is 14.1. The summed E-state index contributed by atoms with van der Waals surface area (Å²) in [4.78, 5) is 0. The molecule has 0 saturated heterocycles. The van der Waals surface area contributed by atoms with Crippen molar-refractivity contribution in [1.82, 2.24) is 0 Å². The lowest BCUT2D eigenvalue weighted by molar-refractivity contribution is 0.0167. The lowest BCUT2D eigenvalue weighted by Gasteiger charge is -2.64. The van der Waals surface area contributed by atoms with Gasteiger partial charge >= 0.3 is 0 Å². The number of rotatable bonds is 8. The number of hydrogen-bond donors (Lipinski definition) is 0. The van der Waals surface area contributed by atoms with Gasteiger partial charge in [-0.3, -0.25) is 0 Å². The first kappa shape index (κ1) is 37.1. The van der Waals surface area contributed by atoms with Crippen LogP contribution >= 0.6 is 0 Å². The first-order valence-electron chi connectivity index (χ1n) is 21.5. The van der Waals surface area contributed by atoms with Gasteiger partial charge in [0, 0.05) is 0 Å². The van der Waals surface area contributed by atoms with E-state index in [9.17, 15) is 0 Å². The van der Waals surface area contributed by atoms with Gasteiger partial charge in [-0.05, 0) is 121 Å². The summed E-state index contributed by atoms with van der Waals surface area (Å²) in [6.45, 7) is 5.20. The Morgan fingerprint density at radius 2 is 0.475 bits per heavy atom. The van der Waals surface area contributed by atoms with Crippen molar-refractivity contribution in [2.45, 2.75) is 67.6 Å². The van der Waals surface area contributed by atoms with Crippen LogP contribution in [0.4, 0.5) is 0 Å². The van der Waals surface area contributed by atoms with Gasteiger partial charge in [0.1, 0.15) is 0 Å². The molecular weight excluding hydrogens is 709 g/mol. The van der Waals surface area contributed by atoms with Gasteiger partial charge in [0.05, 0.1) is 0 Å². The van der Waals surface area contributed by atoms with E-state index >= 15 is 0 Å². The van der Waals surface area contributed by atoms with Gasteiger partial charge in [0.15, 0.2) is 0 Å². The topological polar surface area (TPSA) is 0 Å². The fourth-order valence-corrected chi connectivity index (χ4v) is 11.9. The lowest BCUT2D eigenvalue weighted by Crippen LogP contribution is -2.59. The minimum atomic E-state index is -0.112. The van der Waals surface area contributed by atoms with E-state index in [1.165, 1.54) is 66.8 Å². The molecule has 0 heterocycles. The van der Waals surface area contributed by atoms with Gasteiger partial charge in [0.2, 0.25) is 0 Å². The van der Waals surface area contributed by atoms with Crippen LogP contribution in [0, 0.1) is 0 Å². The molecule has 0 radical (unpaired) electrons. The van der Waals surface area contributed by atoms with Crippen molar-refractivity contribution in [3.8, 4) is 44.5 Å². The highest BCUT2D eigenvalue weighted by Gasteiger charge is 2.61. The molecule has 2 bridgehead atoms. The largest absolute Gasteiger partial charge is 0.0622 e. The zero-order valence-electron chi connectivity index (χ0n) is 34.3. The number of fused-ring (bicyclic) bond motifs is 2. The molecule has 8 aromatic rings. The van der Waals surface area contributed by atoms with Crippen LogP contribution in [-0.4, -0.2) is 0 Å². The second-order valence-electron chi connectivity index (χ2n) is 18.4. The van der Waals surface area contributed by atoms with Crippen molar-refractivity contribution >= 4 is 0 Å². The Morgan fingerprint density at radius 1 is 0.237 bits per heavy atom. The average Bonchev–Trinajstić information content (AvgIpc) is 3.30. The number of hydrogen-bond acceptors (Lipinski definition) is 0. The average molecular weight is 761 g/mol. The van der Waals surface area contributed by atoms with Crippen LogP contribution in [0.2, 0.25) is 0 Å². The van der Waals surface area contributed by atoms with Crippen molar-refractivity contribution in [3.63, 3.8) is 0 Å². The fourth-order valence-electron chi connectivity index (χ4n) is 11.9. The molecule has 0 unspecified atom stereocenters. The van der Waals surface area contributed by atoms with Gasteiger partial charge in [0.25, 0.3) is 0 Å². The Bertz CT molecular complexity index is 2490.